The van der Waals surface area contributed by atoms with Crippen LogP contribution in [0.15, 0.2) is 24.3 Å². The molecule has 0 unspecified atom stereocenters. The number of halogens is 3. The molecule has 2 aromatic carbocycles. The Morgan fingerprint density at radius 1 is 0.667 bits per heavy atom. The molecule has 0 aromatic heterocycles. The monoisotopic (exact) mass is 562 g/mol. The summed E-state index contributed by atoms with van der Waals surface area (Å²) in [5, 5.41) is 3.32. The molecule has 0 spiro atoms. The van der Waals surface area contributed by atoms with Gasteiger partial charge in [-0.2, -0.15) is 21.9 Å². The molecule has 0 saturated carbocycles. The standard InChI is InChI=1S/C28H45Si.3ClH.Ti/c1-8-10-12-14-16-25-19-26(17-15-13-11-9-2)21-27(20-25)29(6,7)28-23(4)18-22(3)24(28)5;;;;/h18-21H,8-17H2,1-7H3;3*1H;/q-1;;;;+4/p-3. The minimum absolute atomic E-state index is 0. The Labute approximate surface area is 240 Å². The summed E-state index contributed by atoms with van der Waals surface area (Å²) in [5.74, 6) is 0. The van der Waals surface area contributed by atoms with Gasteiger partial charge in [0.1, 0.15) is 0 Å². The molecule has 0 aliphatic heterocycles. The third-order valence-corrected chi connectivity index (χ3v) is 10.6. The largest absolute Gasteiger partial charge is 4.00 e. The summed E-state index contributed by atoms with van der Waals surface area (Å²) in [5.41, 5.74) is 7.69. The summed E-state index contributed by atoms with van der Waals surface area (Å²) >= 11 is 0. The number of benzene rings is 1. The first-order chi connectivity index (χ1) is 13.8. The molecule has 0 N–H and O–H groups in total. The first-order valence-corrected chi connectivity index (χ1v) is 15.2. The van der Waals surface area contributed by atoms with Gasteiger partial charge in [-0.05, 0) is 36.8 Å². The molecule has 0 aliphatic rings. The van der Waals surface area contributed by atoms with E-state index in [0.717, 1.165) is 0 Å². The fraction of sp³-hybridized carbons (Fsp3) is 0.607. The molecular formula is C28H45Cl3SiTi. The maximum atomic E-state index is 2.58. The topological polar surface area (TPSA) is 0 Å². The van der Waals surface area contributed by atoms with Crippen LogP contribution in [-0.4, -0.2) is 8.07 Å². The van der Waals surface area contributed by atoms with Gasteiger partial charge < -0.3 is 37.2 Å². The van der Waals surface area contributed by atoms with E-state index in [1.807, 2.05) is 0 Å². The maximum Gasteiger partial charge on any atom is 4.00 e. The zero-order valence-electron chi connectivity index (χ0n) is 22.0. The van der Waals surface area contributed by atoms with Crippen molar-refractivity contribution in [1.82, 2.24) is 0 Å². The summed E-state index contributed by atoms with van der Waals surface area (Å²) in [4.78, 5) is 0. The summed E-state index contributed by atoms with van der Waals surface area (Å²) in [6, 6.07) is 10.1. The van der Waals surface area contributed by atoms with E-state index >= 15 is 0 Å². The van der Waals surface area contributed by atoms with Crippen LogP contribution in [0.25, 0.3) is 0 Å². The molecule has 2 aromatic rings. The fourth-order valence-electron chi connectivity index (χ4n) is 5.03. The molecule has 0 bridgehead atoms. The minimum Gasteiger partial charge on any atom is -1.00 e. The minimum atomic E-state index is -1.70. The van der Waals surface area contributed by atoms with Crippen molar-refractivity contribution in [3.8, 4) is 0 Å². The van der Waals surface area contributed by atoms with Gasteiger partial charge in [0.15, 0.2) is 0 Å². The summed E-state index contributed by atoms with van der Waals surface area (Å²) < 4.78 is 0. The Morgan fingerprint density at radius 3 is 1.48 bits per heavy atom. The number of rotatable bonds is 12. The van der Waals surface area contributed by atoms with Crippen molar-refractivity contribution < 1.29 is 58.9 Å². The van der Waals surface area contributed by atoms with Gasteiger partial charge in [0.2, 0.25) is 0 Å². The molecule has 0 nitrogen and oxygen atoms in total. The van der Waals surface area contributed by atoms with Crippen LogP contribution in [0.2, 0.25) is 13.1 Å². The molecule has 5 heteroatoms. The van der Waals surface area contributed by atoms with Crippen molar-refractivity contribution in [2.24, 2.45) is 0 Å². The summed E-state index contributed by atoms with van der Waals surface area (Å²) in [6.07, 6.45) is 13.3. The van der Waals surface area contributed by atoms with Crippen molar-refractivity contribution in [2.45, 2.75) is 112 Å². The second-order valence-electron chi connectivity index (χ2n) is 9.79. The third-order valence-electron chi connectivity index (χ3n) is 6.83. The van der Waals surface area contributed by atoms with Gasteiger partial charge in [-0.1, -0.05) is 110 Å². The Balaban J connectivity index is -0.00000225. The summed E-state index contributed by atoms with van der Waals surface area (Å²) in [7, 11) is -1.70. The van der Waals surface area contributed by atoms with Crippen molar-refractivity contribution in [2.75, 3.05) is 0 Å². The molecule has 0 aliphatic carbocycles. The van der Waals surface area contributed by atoms with Crippen LogP contribution < -0.4 is 47.6 Å². The molecule has 186 valence electrons. The average Bonchev–Trinajstić information content (AvgIpc) is 2.94. The van der Waals surface area contributed by atoms with Gasteiger partial charge in [-0.15, -0.1) is 0 Å². The Hall–Kier alpha value is 0.371. The molecule has 0 amide bonds. The fourth-order valence-corrected chi connectivity index (χ4v) is 8.60. The first-order valence-electron chi connectivity index (χ1n) is 12.2. The molecule has 0 saturated heterocycles. The SMILES string of the molecule is CCCCCCc1cc(CCCCCC)cc([Si](C)(C)[c-]2c(C)cc(C)c2C)c1.[Cl-].[Cl-].[Cl-].[Ti+4]. The zero-order chi connectivity index (χ0) is 21.4. The Morgan fingerprint density at radius 2 is 1.12 bits per heavy atom. The van der Waals surface area contributed by atoms with Crippen molar-refractivity contribution in [3.63, 3.8) is 0 Å². The molecular weight excluding hydrogens is 519 g/mol. The Bertz CT molecular complexity index is 753. The quantitative estimate of drug-likeness (QED) is 0.166. The second-order valence-corrected chi connectivity index (χ2v) is 14.1. The van der Waals surface area contributed by atoms with E-state index in [-0.39, 0.29) is 58.9 Å². The van der Waals surface area contributed by atoms with Crippen LogP contribution in [0, 0.1) is 20.8 Å². The van der Waals surface area contributed by atoms with Crippen molar-refractivity contribution >= 4 is 18.4 Å². The van der Waals surface area contributed by atoms with Gasteiger partial charge in [-0.3, -0.25) is 0 Å². The van der Waals surface area contributed by atoms with Crippen LogP contribution in [0.5, 0.6) is 0 Å². The number of unbranched alkanes of at least 4 members (excludes halogenated alkanes) is 6. The van der Waals surface area contributed by atoms with Gasteiger partial charge in [-0.25, -0.2) is 6.07 Å². The summed E-state index contributed by atoms with van der Waals surface area (Å²) in [6.45, 7) is 16.7. The zero-order valence-corrected chi connectivity index (χ0v) is 26.8. The molecule has 33 heavy (non-hydrogen) atoms. The molecule has 0 radical (unpaired) electrons. The van der Waals surface area contributed by atoms with Gasteiger partial charge in [0.05, 0.1) is 8.07 Å². The van der Waals surface area contributed by atoms with Crippen LogP contribution in [0.4, 0.5) is 0 Å². The normalized spacial score (nSPS) is 10.5. The van der Waals surface area contributed by atoms with Crippen LogP contribution in [0.3, 0.4) is 0 Å². The molecule has 0 atom stereocenters. The van der Waals surface area contributed by atoms with Crippen LogP contribution in [-0.2, 0) is 34.6 Å². The predicted octanol–water partition coefficient (Wildman–Crippen LogP) is -1.59. The van der Waals surface area contributed by atoms with Crippen LogP contribution >= 0.6 is 0 Å². The smallest absolute Gasteiger partial charge is 1.00 e. The van der Waals surface area contributed by atoms with E-state index in [1.165, 1.54) is 80.9 Å². The number of hydrogen-bond donors (Lipinski definition) is 0. The van der Waals surface area contributed by atoms with Gasteiger partial charge in [0, 0.05) is 0 Å². The third kappa shape index (κ3) is 10.9. The van der Waals surface area contributed by atoms with Crippen LogP contribution in [0.1, 0.15) is 93.0 Å². The van der Waals surface area contributed by atoms with Crippen molar-refractivity contribution in [1.29, 1.82) is 0 Å². The van der Waals surface area contributed by atoms with Crippen molar-refractivity contribution in [3.05, 3.63) is 52.1 Å². The molecule has 0 fully saturated rings. The molecule has 0 heterocycles. The predicted molar refractivity (Wildman–Crippen MR) is 135 cm³/mol. The first kappa shape index (κ1) is 37.9. The van der Waals surface area contributed by atoms with Gasteiger partial charge >= 0.3 is 21.7 Å². The average molecular weight is 564 g/mol. The molecule has 2 rings (SSSR count). The van der Waals surface area contributed by atoms with E-state index in [0.29, 0.717) is 0 Å². The second kappa shape index (κ2) is 18.6. The van der Waals surface area contributed by atoms with E-state index < -0.39 is 8.07 Å². The maximum absolute atomic E-state index is 2.58. The van der Waals surface area contributed by atoms with E-state index in [2.05, 4.69) is 72.0 Å². The van der Waals surface area contributed by atoms with E-state index in [1.54, 1.807) is 21.5 Å². The van der Waals surface area contributed by atoms with Gasteiger partial charge in [0.25, 0.3) is 0 Å². The number of hydrogen-bond acceptors (Lipinski definition) is 0. The van der Waals surface area contributed by atoms with E-state index in [4.69, 9.17) is 0 Å². The Kier molecular flexibility index (Phi) is 21.4. The number of aryl methyl sites for hydroxylation is 4. The van der Waals surface area contributed by atoms with E-state index in [9.17, 15) is 0 Å².